The lowest BCUT2D eigenvalue weighted by Crippen LogP contribution is -2.16. The SMILES string of the molecule is CC1CCCC1C(Cl)c1ccc2c(c1)NC(=O)CC(=O)N2. The van der Waals surface area contributed by atoms with E-state index in [4.69, 9.17) is 11.6 Å². The van der Waals surface area contributed by atoms with Gasteiger partial charge >= 0.3 is 0 Å². The molecule has 1 saturated carbocycles. The molecule has 5 heteroatoms. The molecule has 0 spiro atoms. The summed E-state index contributed by atoms with van der Waals surface area (Å²) in [6.07, 6.45) is 3.46. The van der Waals surface area contributed by atoms with Crippen molar-refractivity contribution in [3.8, 4) is 0 Å². The summed E-state index contributed by atoms with van der Waals surface area (Å²) < 4.78 is 0. The van der Waals surface area contributed by atoms with Gasteiger partial charge in [-0.1, -0.05) is 25.8 Å². The highest BCUT2D eigenvalue weighted by atomic mass is 35.5. The maximum Gasteiger partial charge on any atom is 0.233 e. The largest absolute Gasteiger partial charge is 0.324 e. The number of carbonyl (C=O) groups excluding carboxylic acids is 2. The highest BCUT2D eigenvalue weighted by Gasteiger charge is 2.31. The first-order valence-electron chi connectivity index (χ1n) is 7.42. The van der Waals surface area contributed by atoms with Gasteiger partial charge in [0.2, 0.25) is 11.8 Å². The molecule has 1 aromatic carbocycles. The van der Waals surface area contributed by atoms with Crippen molar-refractivity contribution in [1.29, 1.82) is 0 Å². The van der Waals surface area contributed by atoms with Gasteiger partial charge in [-0.3, -0.25) is 9.59 Å². The van der Waals surface area contributed by atoms with Crippen LogP contribution in [0.15, 0.2) is 18.2 Å². The Labute approximate surface area is 129 Å². The maximum absolute atomic E-state index is 11.6. The van der Waals surface area contributed by atoms with Gasteiger partial charge in [0.25, 0.3) is 0 Å². The molecule has 2 amide bonds. The number of hydrogen-bond acceptors (Lipinski definition) is 2. The molecule has 2 aliphatic rings. The third-order valence-electron chi connectivity index (χ3n) is 4.54. The smallest absolute Gasteiger partial charge is 0.233 e. The molecule has 3 rings (SSSR count). The van der Waals surface area contributed by atoms with Gasteiger partial charge in [0, 0.05) is 0 Å². The topological polar surface area (TPSA) is 58.2 Å². The standard InChI is InChI=1S/C16H19ClN2O2/c1-9-3-2-4-11(9)16(17)10-5-6-12-13(7-10)19-15(21)8-14(20)18-12/h5-7,9,11,16H,2-4,8H2,1H3,(H,18,20)(H,19,21). The lowest BCUT2D eigenvalue weighted by molar-refractivity contribution is -0.123. The molecule has 0 radical (unpaired) electrons. The second-order valence-corrected chi connectivity index (χ2v) is 6.52. The number of halogens is 1. The monoisotopic (exact) mass is 306 g/mol. The van der Waals surface area contributed by atoms with Crippen LogP contribution < -0.4 is 10.6 Å². The van der Waals surface area contributed by atoms with E-state index in [2.05, 4.69) is 17.6 Å². The highest BCUT2D eigenvalue weighted by Crippen LogP contribution is 2.44. The lowest BCUT2D eigenvalue weighted by atomic mass is 9.90. The van der Waals surface area contributed by atoms with Crippen LogP contribution in [0.2, 0.25) is 0 Å². The van der Waals surface area contributed by atoms with Crippen LogP contribution in [0, 0.1) is 11.8 Å². The molecular formula is C16H19ClN2O2. The third-order valence-corrected chi connectivity index (χ3v) is 5.11. The Kier molecular flexibility index (Phi) is 3.89. The molecule has 1 fully saturated rings. The summed E-state index contributed by atoms with van der Waals surface area (Å²) in [6, 6.07) is 5.66. The molecule has 1 aliphatic heterocycles. The first-order valence-corrected chi connectivity index (χ1v) is 7.86. The minimum absolute atomic E-state index is 0.0522. The molecule has 1 aromatic rings. The van der Waals surface area contributed by atoms with E-state index in [0.29, 0.717) is 23.2 Å². The van der Waals surface area contributed by atoms with Crippen LogP contribution in [-0.2, 0) is 9.59 Å². The van der Waals surface area contributed by atoms with Crippen molar-refractivity contribution in [2.75, 3.05) is 10.6 Å². The van der Waals surface area contributed by atoms with Crippen LogP contribution in [0.5, 0.6) is 0 Å². The van der Waals surface area contributed by atoms with E-state index in [1.54, 1.807) is 0 Å². The molecule has 0 bridgehead atoms. The molecule has 1 heterocycles. The van der Waals surface area contributed by atoms with Crippen molar-refractivity contribution < 1.29 is 9.59 Å². The van der Waals surface area contributed by atoms with Crippen LogP contribution in [0.4, 0.5) is 11.4 Å². The van der Waals surface area contributed by atoms with E-state index in [0.717, 1.165) is 12.0 Å². The summed E-state index contributed by atoms with van der Waals surface area (Å²) >= 11 is 6.66. The lowest BCUT2D eigenvalue weighted by Gasteiger charge is -2.22. The van der Waals surface area contributed by atoms with Crippen molar-refractivity contribution in [1.82, 2.24) is 0 Å². The van der Waals surface area contributed by atoms with Crippen molar-refractivity contribution in [2.24, 2.45) is 11.8 Å². The van der Waals surface area contributed by atoms with Crippen LogP contribution in [0.1, 0.15) is 43.5 Å². The Morgan fingerprint density at radius 3 is 2.52 bits per heavy atom. The summed E-state index contributed by atoms with van der Waals surface area (Å²) in [5.74, 6) is 0.524. The van der Waals surface area contributed by atoms with E-state index in [1.807, 2.05) is 18.2 Å². The second kappa shape index (κ2) is 5.68. The fourth-order valence-corrected chi connectivity index (χ4v) is 3.85. The zero-order valence-corrected chi connectivity index (χ0v) is 12.7. The summed E-state index contributed by atoms with van der Waals surface area (Å²) in [5.41, 5.74) is 2.28. The molecule has 21 heavy (non-hydrogen) atoms. The molecule has 4 nitrogen and oxygen atoms in total. The summed E-state index contributed by atoms with van der Waals surface area (Å²) in [4.78, 5) is 23.2. The van der Waals surface area contributed by atoms with Gasteiger partial charge in [-0.05, 0) is 36.0 Å². The van der Waals surface area contributed by atoms with Crippen LogP contribution in [-0.4, -0.2) is 11.8 Å². The van der Waals surface area contributed by atoms with Gasteiger partial charge in [0.05, 0.1) is 16.8 Å². The Balaban J connectivity index is 1.88. The second-order valence-electron chi connectivity index (χ2n) is 6.05. The number of benzene rings is 1. The predicted molar refractivity (Wildman–Crippen MR) is 83.4 cm³/mol. The number of carbonyl (C=O) groups is 2. The normalized spacial score (nSPS) is 26.6. The minimum atomic E-state index is -0.288. The number of amides is 2. The Hall–Kier alpha value is -1.55. The molecular weight excluding hydrogens is 288 g/mol. The number of alkyl halides is 1. The Morgan fingerprint density at radius 1 is 1.14 bits per heavy atom. The van der Waals surface area contributed by atoms with E-state index in [-0.39, 0.29) is 23.6 Å². The fraction of sp³-hybridized carbons (Fsp3) is 0.500. The zero-order valence-electron chi connectivity index (χ0n) is 12.0. The minimum Gasteiger partial charge on any atom is -0.324 e. The number of nitrogens with one attached hydrogen (secondary N) is 2. The van der Waals surface area contributed by atoms with Crippen molar-refractivity contribution in [3.05, 3.63) is 23.8 Å². The van der Waals surface area contributed by atoms with Gasteiger partial charge in [0.15, 0.2) is 0 Å². The maximum atomic E-state index is 11.6. The molecule has 0 saturated heterocycles. The number of rotatable bonds is 2. The predicted octanol–water partition coefficient (Wildman–Crippen LogP) is 3.68. The third kappa shape index (κ3) is 2.91. The van der Waals surface area contributed by atoms with E-state index < -0.39 is 0 Å². The molecule has 112 valence electrons. The molecule has 1 aliphatic carbocycles. The number of hydrogen-bond donors (Lipinski definition) is 2. The summed E-state index contributed by atoms with van der Waals surface area (Å²) in [5, 5.41) is 5.45. The summed E-state index contributed by atoms with van der Waals surface area (Å²) in [6.45, 7) is 2.25. The van der Waals surface area contributed by atoms with Gasteiger partial charge in [-0.25, -0.2) is 0 Å². The average molecular weight is 307 g/mol. The number of anilines is 2. The van der Waals surface area contributed by atoms with Crippen molar-refractivity contribution in [3.63, 3.8) is 0 Å². The van der Waals surface area contributed by atoms with Crippen LogP contribution in [0.3, 0.4) is 0 Å². The average Bonchev–Trinajstić information content (AvgIpc) is 2.79. The van der Waals surface area contributed by atoms with E-state index in [9.17, 15) is 9.59 Å². The van der Waals surface area contributed by atoms with E-state index in [1.165, 1.54) is 12.8 Å². The van der Waals surface area contributed by atoms with Gasteiger partial charge in [0.1, 0.15) is 6.42 Å². The molecule has 3 unspecified atom stereocenters. The van der Waals surface area contributed by atoms with Gasteiger partial charge in [-0.2, -0.15) is 0 Å². The van der Waals surface area contributed by atoms with Crippen LogP contribution >= 0.6 is 11.6 Å². The zero-order chi connectivity index (χ0) is 15.0. The van der Waals surface area contributed by atoms with Gasteiger partial charge in [-0.15, -0.1) is 11.6 Å². The van der Waals surface area contributed by atoms with E-state index >= 15 is 0 Å². The quantitative estimate of drug-likeness (QED) is 0.647. The Bertz CT molecular complexity index is 588. The van der Waals surface area contributed by atoms with Gasteiger partial charge < -0.3 is 10.6 Å². The van der Waals surface area contributed by atoms with Crippen LogP contribution in [0.25, 0.3) is 0 Å². The van der Waals surface area contributed by atoms with Crippen molar-refractivity contribution in [2.45, 2.75) is 38.0 Å². The van der Waals surface area contributed by atoms with Crippen molar-refractivity contribution >= 4 is 34.8 Å². The summed E-state index contributed by atoms with van der Waals surface area (Å²) in [7, 11) is 0. The Morgan fingerprint density at radius 2 is 1.86 bits per heavy atom. The molecule has 0 aromatic heterocycles. The highest BCUT2D eigenvalue weighted by molar-refractivity contribution is 6.21. The fourth-order valence-electron chi connectivity index (χ4n) is 3.34. The number of fused-ring (bicyclic) bond motifs is 1. The molecule has 3 atom stereocenters. The first-order chi connectivity index (χ1) is 10.0. The molecule has 2 N–H and O–H groups in total. The first kappa shape index (κ1) is 14.4.